The molecule has 8 heteroatoms. The molecule has 0 aromatic carbocycles. The van der Waals surface area contributed by atoms with Crippen LogP contribution in [-0.2, 0) is 17.1 Å². The van der Waals surface area contributed by atoms with E-state index in [2.05, 4.69) is 10.00 Å². The normalized spacial score (nSPS) is 22.1. The molecule has 0 amide bonds. The van der Waals surface area contributed by atoms with Crippen molar-refractivity contribution in [2.75, 3.05) is 27.2 Å². The van der Waals surface area contributed by atoms with Gasteiger partial charge in [-0.2, -0.15) is 9.40 Å². The molecule has 2 heterocycles. The highest BCUT2D eigenvalue weighted by molar-refractivity contribution is 7.89. The smallest absolute Gasteiger partial charge is 0.261 e. The van der Waals surface area contributed by atoms with Crippen LogP contribution in [0.4, 0.5) is 0 Å². The average molecular weight is 321 g/mol. The highest BCUT2D eigenvalue weighted by atomic mass is 35.5. The third-order valence-corrected chi connectivity index (χ3v) is 6.22. The summed E-state index contributed by atoms with van der Waals surface area (Å²) in [6, 6.07) is 0.428. The summed E-state index contributed by atoms with van der Waals surface area (Å²) >= 11 is 5.97. The third-order valence-electron chi connectivity index (χ3n) is 3.81. The molecule has 1 fully saturated rings. The first kappa shape index (κ1) is 15.8. The van der Waals surface area contributed by atoms with Crippen LogP contribution in [0, 0.1) is 0 Å². The fourth-order valence-electron chi connectivity index (χ4n) is 2.62. The first-order valence-corrected chi connectivity index (χ1v) is 8.50. The predicted octanol–water partition coefficient (Wildman–Crippen LogP) is 1.18. The molecule has 2 rings (SSSR count). The zero-order valence-electron chi connectivity index (χ0n) is 12.1. The van der Waals surface area contributed by atoms with Gasteiger partial charge in [-0.3, -0.25) is 4.68 Å². The fourth-order valence-corrected chi connectivity index (χ4v) is 4.72. The summed E-state index contributed by atoms with van der Waals surface area (Å²) < 4.78 is 28.2. The van der Waals surface area contributed by atoms with Gasteiger partial charge in [0.15, 0.2) is 5.03 Å². The molecule has 6 nitrogen and oxygen atoms in total. The number of hydrogen-bond donors (Lipinski definition) is 0. The summed E-state index contributed by atoms with van der Waals surface area (Å²) in [4.78, 5) is 2.16. The molecule has 1 atom stereocenters. The lowest BCUT2D eigenvalue weighted by atomic mass is 10.1. The second-order valence-corrected chi connectivity index (χ2v) is 7.63. The van der Waals surface area contributed by atoms with Gasteiger partial charge in [-0.05, 0) is 33.4 Å². The number of aryl methyl sites for hydroxylation is 1. The van der Waals surface area contributed by atoms with Crippen LogP contribution in [0.15, 0.2) is 11.2 Å². The van der Waals surface area contributed by atoms with Crippen LogP contribution in [0.1, 0.15) is 19.3 Å². The largest absolute Gasteiger partial charge is 0.306 e. The Labute approximate surface area is 125 Å². The van der Waals surface area contributed by atoms with Crippen LogP contribution in [0.2, 0.25) is 5.02 Å². The maximum atomic E-state index is 12.7. The van der Waals surface area contributed by atoms with Crippen molar-refractivity contribution in [3.05, 3.63) is 11.2 Å². The number of halogens is 1. The van der Waals surface area contributed by atoms with Gasteiger partial charge in [0.2, 0.25) is 0 Å². The molecule has 1 aliphatic rings. The Bertz CT molecular complexity index is 551. The Kier molecular flexibility index (Phi) is 4.73. The summed E-state index contributed by atoms with van der Waals surface area (Å²) in [6.07, 6.45) is 4.08. The van der Waals surface area contributed by atoms with Gasteiger partial charge in [-0.1, -0.05) is 11.6 Å². The lowest BCUT2D eigenvalue weighted by Crippen LogP contribution is -2.34. The topological polar surface area (TPSA) is 58.4 Å². The molecule has 0 bridgehead atoms. The SMILES string of the molecule is CN(C)C1CCCN(S(=O)(=O)c2c(Cl)cnn2C)CC1. The van der Waals surface area contributed by atoms with Crippen LogP contribution in [-0.4, -0.2) is 60.6 Å². The van der Waals surface area contributed by atoms with Crippen molar-refractivity contribution < 1.29 is 8.42 Å². The second kappa shape index (κ2) is 6.01. The first-order valence-electron chi connectivity index (χ1n) is 6.68. The molecule has 1 unspecified atom stereocenters. The van der Waals surface area contributed by atoms with E-state index in [9.17, 15) is 8.42 Å². The van der Waals surface area contributed by atoms with Gasteiger partial charge in [0.1, 0.15) is 0 Å². The molecule has 0 N–H and O–H groups in total. The van der Waals surface area contributed by atoms with E-state index in [1.807, 2.05) is 14.1 Å². The van der Waals surface area contributed by atoms with Crippen LogP contribution in [0.5, 0.6) is 0 Å². The summed E-state index contributed by atoms with van der Waals surface area (Å²) in [6.45, 7) is 1.06. The number of nitrogens with zero attached hydrogens (tertiary/aromatic N) is 4. The molecule has 114 valence electrons. The number of rotatable bonds is 3. The van der Waals surface area contributed by atoms with Crippen molar-refractivity contribution in [2.24, 2.45) is 7.05 Å². The molecule has 0 radical (unpaired) electrons. The Balaban J connectivity index is 2.23. The van der Waals surface area contributed by atoms with E-state index in [4.69, 9.17) is 11.6 Å². The van der Waals surface area contributed by atoms with Gasteiger partial charge < -0.3 is 4.90 Å². The van der Waals surface area contributed by atoms with Gasteiger partial charge in [0, 0.05) is 26.2 Å². The lowest BCUT2D eigenvalue weighted by molar-refractivity contribution is 0.268. The van der Waals surface area contributed by atoms with E-state index in [0.29, 0.717) is 19.1 Å². The van der Waals surface area contributed by atoms with Crippen molar-refractivity contribution >= 4 is 21.6 Å². The van der Waals surface area contributed by atoms with Crippen molar-refractivity contribution in [3.8, 4) is 0 Å². The van der Waals surface area contributed by atoms with E-state index in [1.165, 1.54) is 15.2 Å². The molecule has 0 aliphatic carbocycles. The molecule has 0 saturated carbocycles. The standard InChI is InChI=1S/C12H21ClN4O2S/c1-15(2)10-5-4-7-17(8-6-10)20(18,19)12-11(13)9-14-16(12)3/h9-10H,4-8H2,1-3H3. The van der Waals surface area contributed by atoms with Crippen molar-refractivity contribution in [3.63, 3.8) is 0 Å². The fraction of sp³-hybridized carbons (Fsp3) is 0.750. The predicted molar refractivity (Wildman–Crippen MR) is 78.3 cm³/mol. The van der Waals surface area contributed by atoms with Crippen LogP contribution >= 0.6 is 11.6 Å². The van der Waals surface area contributed by atoms with Crippen LogP contribution in [0.3, 0.4) is 0 Å². The minimum absolute atomic E-state index is 0.0856. The van der Waals surface area contributed by atoms with E-state index in [-0.39, 0.29) is 10.0 Å². The molecule has 1 aliphatic heterocycles. The van der Waals surface area contributed by atoms with Crippen molar-refractivity contribution in [1.82, 2.24) is 19.0 Å². The monoisotopic (exact) mass is 320 g/mol. The van der Waals surface area contributed by atoms with E-state index in [1.54, 1.807) is 7.05 Å². The summed E-state index contributed by atoms with van der Waals surface area (Å²) in [5.41, 5.74) is 0. The van der Waals surface area contributed by atoms with E-state index in [0.717, 1.165) is 19.3 Å². The van der Waals surface area contributed by atoms with Gasteiger partial charge >= 0.3 is 0 Å². The molecule has 1 saturated heterocycles. The number of aromatic nitrogens is 2. The zero-order valence-corrected chi connectivity index (χ0v) is 13.7. The maximum absolute atomic E-state index is 12.7. The first-order chi connectivity index (χ1) is 9.34. The van der Waals surface area contributed by atoms with E-state index >= 15 is 0 Å². The van der Waals surface area contributed by atoms with Crippen molar-refractivity contribution in [1.29, 1.82) is 0 Å². The van der Waals surface area contributed by atoms with E-state index < -0.39 is 10.0 Å². The zero-order chi connectivity index (χ0) is 14.9. The van der Waals surface area contributed by atoms with Gasteiger partial charge in [0.25, 0.3) is 10.0 Å². The Morgan fingerprint density at radius 2 is 2.05 bits per heavy atom. The lowest BCUT2D eigenvalue weighted by Gasteiger charge is -2.23. The van der Waals surface area contributed by atoms with Crippen LogP contribution in [0.25, 0.3) is 0 Å². The van der Waals surface area contributed by atoms with Crippen LogP contribution < -0.4 is 0 Å². The highest BCUT2D eigenvalue weighted by Gasteiger charge is 2.32. The number of sulfonamides is 1. The third kappa shape index (κ3) is 3.00. The summed E-state index contributed by atoms with van der Waals surface area (Å²) in [5, 5.41) is 4.18. The highest BCUT2D eigenvalue weighted by Crippen LogP contribution is 2.26. The Morgan fingerprint density at radius 3 is 2.60 bits per heavy atom. The molecule has 1 aromatic heterocycles. The van der Waals surface area contributed by atoms with Gasteiger partial charge in [-0.15, -0.1) is 0 Å². The molecule has 0 spiro atoms. The number of hydrogen-bond acceptors (Lipinski definition) is 4. The summed E-state index contributed by atoms with van der Waals surface area (Å²) in [5.74, 6) is 0. The Morgan fingerprint density at radius 1 is 1.35 bits per heavy atom. The molecular weight excluding hydrogens is 300 g/mol. The molecular formula is C12H21ClN4O2S. The summed E-state index contributed by atoms with van der Waals surface area (Å²) in [7, 11) is 2.10. The maximum Gasteiger partial charge on any atom is 0.261 e. The van der Waals surface area contributed by atoms with Gasteiger partial charge in [0.05, 0.1) is 11.2 Å². The average Bonchev–Trinajstić information content (AvgIpc) is 2.60. The molecule has 20 heavy (non-hydrogen) atoms. The quantitative estimate of drug-likeness (QED) is 0.839. The minimum Gasteiger partial charge on any atom is -0.306 e. The Hall–Kier alpha value is -0.630. The van der Waals surface area contributed by atoms with Gasteiger partial charge in [-0.25, -0.2) is 8.42 Å². The second-order valence-electron chi connectivity index (χ2n) is 5.37. The van der Waals surface area contributed by atoms with Crippen molar-refractivity contribution in [2.45, 2.75) is 30.3 Å². The minimum atomic E-state index is -3.57. The molecule has 1 aromatic rings.